The van der Waals surface area contributed by atoms with Crippen LogP contribution in [0.2, 0.25) is 0 Å². The number of carboxylic acid groups (broad SMARTS) is 1. The lowest BCUT2D eigenvalue weighted by Gasteiger charge is -2.49. The molecule has 7 heteroatoms. The van der Waals surface area contributed by atoms with Gasteiger partial charge in [0, 0.05) is 26.1 Å². The number of aliphatic hydroxyl groups excluding tert-OH is 1. The predicted octanol–water partition coefficient (Wildman–Crippen LogP) is 7.15. The van der Waals surface area contributed by atoms with Gasteiger partial charge in [-0.15, -0.1) is 0 Å². The monoisotopic (exact) mass is 564 g/mol. The number of rotatable bonds is 17. The number of carboxylic acids is 1. The smallest absolute Gasteiger partial charge is 0.303 e. The predicted molar refractivity (Wildman–Crippen MR) is 155 cm³/mol. The minimum absolute atomic E-state index is 0.0110. The third-order valence-electron chi connectivity index (χ3n) is 10.1. The van der Waals surface area contributed by atoms with Crippen molar-refractivity contribution < 1.29 is 34.0 Å². The van der Waals surface area contributed by atoms with Crippen molar-refractivity contribution in [3.63, 3.8) is 0 Å². The summed E-state index contributed by atoms with van der Waals surface area (Å²) in [6.07, 6.45) is 22.7. The highest BCUT2D eigenvalue weighted by atomic mass is 16.7. The highest BCUT2D eigenvalue weighted by molar-refractivity contribution is 5.66. The molecule has 2 unspecified atom stereocenters. The maximum atomic E-state index is 11.2. The molecule has 2 aliphatic heterocycles. The van der Waals surface area contributed by atoms with E-state index in [2.05, 4.69) is 19.1 Å². The van der Waals surface area contributed by atoms with Crippen LogP contribution >= 0.6 is 0 Å². The van der Waals surface area contributed by atoms with Crippen molar-refractivity contribution in [1.82, 2.24) is 0 Å². The lowest BCUT2D eigenvalue weighted by molar-refractivity contribution is -0.228. The van der Waals surface area contributed by atoms with E-state index in [9.17, 15) is 9.90 Å². The van der Waals surface area contributed by atoms with E-state index in [4.69, 9.17) is 24.1 Å². The lowest BCUT2D eigenvalue weighted by Crippen LogP contribution is -2.46. The van der Waals surface area contributed by atoms with Crippen LogP contribution in [0.5, 0.6) is 0 Å². The van der Waals surface area contributed by atoms with Crippen molar-refractivity contribution in [3.8, 4) is 0 Å². The van der Waals surface area contributed by atoms with Gasteiger partial charge in [0.15, 0.2) is 12.6 Å². The van der Waals surface area contributed by atoms with E-state index in [1.165, 1.54) is 44.9 Å². The number of hydrogen-bond acceptors (Lipinski definition) is 6. The van der Waals surface area contributed by atoms with Crippen LogP contribution in [0.4, 0.5) is 0 Å². The zero-order chi connectivity index (χ0) is 28.2. The Balaban J connectivity index is 1.44. The van der Waals surface area contributed by atoms with Gasteiger partial charge < -0.3 is 29.2 Å². The molecule has 7 nitrogen and oxygen atoms in total. The van der Waals surface area contributed by atoms with E-state index in [1.54, 1.807) is 0 Å². The van der Waals surface area contributed by atoms with Gasteiger partial charge in [-0.1, -0.05) is 38.3 Å². The van der Waals surface area contributed by atoms with E-state index < -0.39 is 12.1 Å². The Morgan fingerprint density at radius 1 is 1.00 bits per heavy atom. The number of carbonyl (C=O) groups is 1. The molecule has 2 aliphatic carbocycles. The van der Waals surface area contributed by atoms with Gasteiger partial charge in [0.2, 0.25) is 0 Å². The maximum absolute atomic E-state index is 11.2. The van der Waals surface area contributed by atoms with Crippen LogP contribution in [0, 0.1) is 17.3 Å². The maximum Gasteiger partial charge on any atom is 0.303 e. The van der Waals surface area contributed by atoms with Gasteiger partial charge in [0.1, 0.15) is 0 Å². The molecule has 2 saturated heterocycles. The minimum Gasteiger partial charge on any atom is -0.481 e. The van der Waals surface area contributed by atoms with Crippen molar-refractivity contribution in [2.24, 2.45) is 17.3 Å². The third-order valence-corrected chi connectivity index (χ3v) is 10.1. The first-order valence-corrected chi connectivity index (χ1v) is 16.6. The van der Waals surface area contributed by atoms with Crippen LogP contribution in [0.15, 0.2) is 12.2 Å². The Bertz CT molecular complexity index is 754. The molecule has 0 bridgehead atoms. The molecule has 0 amide bonds. The number of allylic oxidation sites excluding steroid dienone is 2. The molecular weight excluding hydrogens is 508 g/mol. The van der Waals surface area contributed by atoms with Gasteiger partial charge in [-0.2, -0.15) is 0 Å². The standard InChI is InChI=1S/C33H56O7/c1-2-3-19-33(20-12-21-33)29(40-32-16-9-11-23-38-32)18-17-26-25(13-6-4-5-7-14-30(35)36)27(34)24-28(26)39-31-15-8-10-22-37-31/h4,6,25-29,31-32,34H,2-3,5,7-24H2,1H3,(H,35,36)/t25-,26-,27+,28-,29-,31?,32?/m1/s1. The molecule has 0 spiro atoms. The van der Waals surface area contributed by atoms with Crippen molar-refractivity contribution in [2.45, 2.75) is 160 Å². The normalized spacial score (nSPS) is 33.1. The fraction of sp³-hybridized carbons (Fsp3) is 0.909. The second kappa shape index (κ2) is 16.6. The summed E-state index contributed by atoms with van der Waals surface area (Å²) in [5.41, 5.74) is 0.260. The fourth-order valence-electron chi connectivity index (χ4n) is 7.55. The van der Waals surface area contributed by atoms with Crippen molar-refractivity contribution in [3.05, 3.63) is 12.2 Å². The SMILES string of the molecule is CCCCC1([C@@H](CC[C@@H]2[C@@H](CC=CCCCC(=O)O)[C@@H](O)C[C@H]2OC2CCCCO2)OC2CCCCO2)CCC1. The van der Waals surface area contributed by atoms with Gasteiger partial charge in [-0.25, -0.2) is 0 Å². The number of unbranched alkanes of at least 4 members (excludes halogenated alkanes) is 2. The van der Waals surface area contributed by atoms with Crippen molar-refractivity contribution in [2.75, 3.05) is 13.2 Å². The van der Waals surface area contributed by atoms with Crippen LogP contribution in [0.25, 0.3) is 0 Å². The molecule has 0 aromatic carbocycles. The number of hydrogen-bond donors (Lipinski definition) is 2. The van der Waals surface area contributed by atoms with E-state index in [0.717, 1.165) is 71.0 Å². The molecule has 4 fully saturated rings. The van der Waals surface area contributed by atoms with Crippen LogP contribution in [0.1, 0.15) is 129 Å². The average Bonchev–Trinajstić information content (AvgIpc) is 3.22. The van der Waals surface area contributed by atoms with E-state index >= 15 is 0 Å². The molecule has 2 N–H and O–H groups in total. The molecule has 230 valence electrons. The third kappa shape index (κ3) is 9.26. The largest absolute Gasteiger partial charge is 0.481 e. The van der Waals surface area contributed by atoms with Gasteiger partial charge in [-0.05, 0) is 107 Å². The zero-order valence-corrected chi connectivity index (χ0v) is 25.0. The molecule has 40 heavy (non-hydrogen) atoms. The van der Waals surface area contributed by atoms with E-state index in [-0.39, 0.29) is 48.5 Å². The van der Waals surface area contributed by atoms with E-state index in [0.29, 0.717) is 12.8 Å². The topological polar surface area (TPSA) is 94.5 Å². The van der Waals surface area contributed by atoms with Gasteiger partial charge in [0.05, 0.1) is 18.3 Å². The fourth-order valence-corrected chi connectivity index (χ4v) is 7.55. The molecule has 7 atom stereocenters. The highest BCUT2D eigenvalue weighted by Crippen LogP contribution is 2.52. The average molecular weight is 565 g/mol. The minimum atomic E-state index is -0.747. The summed E-state index contributed by atoms with van der Waals surface area (Å²) < 4.78 is 25.4. The highest BCUT2D eigenvalue weighted by Gasteiger charge is 2.48. The first-order chi connectivity index (χ1) is 19.5. The number of aliphatic hydroxyl groups is 1. The Labute approximate surface area is 242 Å². The van der Waals surface area contributed by atoms with E-state index in [1.807, 2.05) is 0 Å². The first kappa shape index (κ1) is 31.9. The lowest BCUT2D eigenvalue weighted by atomic mass is 9.61. The second-order valence-electron chi connectivity index (χ2n) is 12.9. The zero-order valence-electron chi connectivity index (χ0n) is 25.0. The van der Waals surface area contributed by atoms with Crippen LogP contribution in [0.3, 0.4) is 0 Å². The second-order valence-corrected chi connectivity index (χ2v) is 12.9. The Morgan fingerprint density at radius 2 is 1.75 bits per heavy atom. The summed E-state index contributed by atoms with van der Waals surface area (Å²) in [5, 5.41) is 20.1. The molecule has 0 aromatic rings. The molecule has 0 radical (unpaired) electrons. The number of aliphatic carboxylic acids is 1. The number of ether oxygens (including phenoxy) is 4. The summed E-state index contributed by atoms with van der Waals surface area (Å²) in [7, 11) is 0. The van der Waals surface area contributed by atoms with Crippen molar-refractivity contribution >= 4 is 5.97 Å². The molecule has 4 aliphatic rings. The van der Waals surface area contributed by atoms with Crippen LogP contribution in [-0.4, -0.2) is 60.3 Å². The summed E-state index contributed by atoms with van der Waals surface area (Å²) in [6.45, 7) is 3.83. The van der Waals surface area contributed by atoms with Crippen LogP contribution < -0.4 is 0 Å². The summed E-state index contributed by atoms with van der Waals surface area (Å²) in [6, 6.07) is 0. The Hall–Kier alpha value is -0.990. The molecule has 4 rings (SSSR count). The van der Waals surface area contributed by atoms with Gasteiger partial charge >= 0.3 is 5.97 Å². The quantitative estimate of drug-likeness (QED) is 0.143. The summed E-state index contributed by atoms with van der Waals surface area (Å²) in [5.74, 6) is -0.377. The first-order valence-electron chi connectivity index (χ1n) is 16.6. The van der Waals surface area contributed by atoms with Crippen LogP contribution in [-0.2, 0) is 23.7 Å². The molecular formula is C33H56O7. The molecule has 2 heterocycles. The summed E-state index contributed by atoms with van der Waals surface area (Å²) in [4.78, 5) is 10.8. The van der Waals surface area contributed by atoms with Gasteiger partial charge in [-0.3, -0.25) is 4.79 Å². The Morgan fingerprint density at radius 3 is 2.38 bits per heavy atom. The molecule has 2 saturated carbocycles. The van der Waals surface area contributed by atoms with Gasteiger partial charge in [0.25, 0.3) is 0 Å². The molecule has 0 aromatic heterocycles. The summed E-state index contributed by atoms with van der Waals surface area (Å²) >= 11 is 0. The Kier molecular flexibility index (Phi) is 13.2. The van der Waals surface area contributed by atoms with Crippen molar-refractivity contribution in [1.29, 1.82) is 0 Å².